The minimum absolute atomic E-state index is 0.694. The van der Waals surface area contributed by atoms with Crippen molar-refractivity contribution >= 4 is 11.6 Å². The molecule has 0 spiro atoms. The summed E-state index contributed by atoms with van der Waals surface area (Å²) in [6.45, 7) is 9.32. The van der Waals surface area contributed by atoms with Gasteiger partial charge in [-0.1, -0.05) is 44.2 Å². The van der Waals surface area contributed by atoms with Crippen molar-refractivity contribution in [2.45, 2.75) is 33.7 Å². The highest BCUT2D eigenvalue weighted by atomic mass is 15.2. The van der Waals surface area contributed by atoms with E-state index in [1.807, 2.05) is 12.1 Å². The van der Waals surface area contributed by atoms with Crippen LogP contribution < -0.4 is 10.2 Å². The van der Waals surface area contributed by atoms with Crippen LogP contribution in [0.15, 0.2) is 42.7 Å². The Labute approximate surface area is 133 Å². The molecule has 0 aliphatic heterocycles. The summed E-state index contributed by atoms with van der Waals surface area (Å²) >= 11 is 0. The number of anilines is 2. The zero-order valence-electron chi connectivity index (χ0n) is 13.8. The van der Waals surface area contributed by atoms with Gasteiger partial charge < -0.3 is 10.2 Å². The van der Waals surface area contributed by atoms with Gasteiger partial charge in [-0.3, -0.25) is 0 Å². The zero-order valence-corrected chi connectivity index (χ0v) is 13.8. The maximum absolute atomic E-state index is 4.42. The third-order valence-electron chi connectivity index (χ3n) is 3.60. The number of benzene rings is 1. The number of nitrogens with one attached hydrogen (secondary N) is 1. The molecule has 0 unspecified atom stereocenters. The van der Waals surface area contributed by atoms with E-state index in [2.05, 4.69) is 65.2 Å². The quantitative estimate of drug-likeness (QED) is 0.801. The van der Waals surface area contributed by atoms with Crippen molar-refractivity contribution in [2.24, 2.45) is 5.92 Å². The molecule has 0 aliphatic carbocycles. The van der Waals surface area contributed by atoms with Crippen molar-refractivity contribution in [3.8, 4) is 0 Å². The molecule has 2 rings (SSSR count). The van der Waals surface area contributed by atoms with Crippen LogP contribution in [0.2, 0.25) is 0 Å². The second-order valence-corrected chi connectivity index (χ2v) is 5.87. The Hall–Kier alpha value is -2.10. The van der Waals surface area contributed by atoms with Crippen molar-refractivity contribution in [1.29, 1.82) is 0 Å². The van der Waals surface area contributed by atoms with Gasteiger partial charge in [0.05, 0.1) is 0 Å². The number of aromatic nitrogens is 2. The summed E-state index contributed by atoms with van der Waals surface area (Å²) in [6.07, 6.45) is 2.78. The van der Waals surface area contributed by atoms with E-state index < -0.39 is 0 Å². The molecule has 1 aromatic carbocycles. The van der Waals surface area contributed by atoms with Crippen LogP contribution in [0.25, 0.3) is 0 Å². The molecule has 4 heteroatoms. The molecule has 22 heavy (non-hydrogen) atoms. The van der Waals surface area contributed by atoms with Crippen LogP contribution in [-0.4, -0.2) is 23.1 Å². The van der Waals surface area contributed by atoms with Crippen LogP contribution >= 0.6 is 0 Å². The minimum Gasteiger partial charge on any atom is -0.370 e. The monoisotopic (exact) mass is 298 g/mol. The normalized spacial score (nSPS) is 10.7. The summed E-state index contributed by atoms with van der Waals surface area (Å²) in [7, 11) is 0. The van der Waals surface area contributed by atoms with Gasteiger partial charge in [0.15, 0.2) is 0 Å². The van der Waals surface area contributed by atoms with E-state index in [-0.39, 0.29) is 0 Å². The molecule has 0 aliphatic rings. The van der Waals surface area contributed by atoms with Crippen LogP contribution in [0.3, 0.4) is 0 Å². The Bertz CT molecular complexity index is 554. The standard InChI is InChI=1S/C18H26N4/c1-4-22(13-16-8-6-5-7-9-16)18-12-17(20-14-21-18)19-11-10-15(2)3/h5-9,12,14-15H,4,10-11,13H2,1-3H3,(H,19,20,21). The Balaban J connectivity index is 2.02. The average molecular weight is 298 g/mol. The maximum atomic E-state index is 4.42. The summed E-state index contributed by atoms with van der Waals surface area (Å²) in [4.78, 5) is 11.0. The lowest BCUT2D eigenvalue weighted by molar-refractivity contribution is 0.606. The zero-order chi connectivity index (χ0) is 15.8. The fraction of sp³-hybridized carbons (Fsp3) is 0.444. The average Bonchev–Trinajstić information content (AvgIpc) is 2.53. The maximum Gasteiger partial charge on any atom is 0.134 e. The van der Waals surface area contributed by atoms with Gasteiger partial charge in [-0.25, -0.2) is 9.97 Å². The molecular weight excluding hydrogens is 272 g/mol. The SMILES string of the molecule is CCN(Cc1ccccc1)c1cc(NCCC(C)C)ncn1. The number of rotatable bonds is 8. The molecule has 1 aromatic heterocycles. The lowest BCUT2D eigenvalue weighted by atomic mass is 10.1. The lowest BCUT2D eigenvalue weighted by Gasteiger charge is -2.22. The Morgan fingerprint density at radius 2 is 1.91 bits per heavy atom. The summed E-state index contributed by atoms with van der Waals surface area (Å²) in [5.74, 6) is 2.56. The fourth-order valence-electron chi connectivity index (χ4n) is 2.26. The van der Waals surface area contributed by atoms with Gasteiger partial charge in [-0.2, -0.15) is 0 Å². The molecule has 0 fully saturated rings. The van der Waals surface area contributed by atoms with E-state index in [0.717, 1.165) is 37.7 Å². The molecule has 118 valence electrons. The van der Waals surface area contributed by atoms with Gasteiger partial charge in [0.2, 0.25) is 0 Å². The molecule has 0 saturated heterocycles. The van der Waals surface area contributed by atoms with Gasteiger partial charge >= 0.3 is 0 Å². The highest BCUT2D eigenvalue weighted by Gasteiger charge is 2.08. The second kappa shape index (κ2) is 8.37. The van der Waals surface area contributed by atoms with Gasteiger partial charge in [-0.05, 0) is 24.8 Å². The molecule has 0 radical (unpaired) electrons. The molecule has 0 amide bonds. The van der Waals surface area contributed by atoms with E-state index >= 15 is 0 Å². The van der Waals surface area contributed by atoms with Gasteiger partial charge in [0, 0.05) is 25.7 Å². The van der Waals surface area contributed by atoms with Gasteiger partial charge in [0.1, 0.15) is 18.0 Å². The molecule has 1 N–H and O–H groups in total. The van der Waals surface area contributed by atoms with Crippen molar-refractivity contribution in [3.63, 3.8) is 0 Å². The van der Waals surface area contributed by atoms with Crippen LogP contribution in [0.1, 0.15) is 32.8 Å². The van der Waals surface area contributed by atoms with Crippen molar-refractivity contribution in [1.82, 2.24) is 9.97 Å². The fourth-order valence-corrected chi connectivity index (χ4v) is 2.26. The first-order chi connectivity index (χ1) is 10.7. The van der Waals surface area contributed by atoms with Gasteiger partial charge in [0.25, 0.3) is 0 Å². The highest BCUT2D eigenvalue weighted by Crippen LogP contribution is 2.17. The van der Waals surface area contributed by atoms with Crippen LogP contribution in [-0.2, 0) is 6.54 Å². The molecule has 0 bridgehead atoms. The van der Waals surface area contributed by atoms with Crippen LogP contribution in [0.5, 0.6) is 0 Å². The number of nitrogens with zero attached hydrogens (tertiary/aromatic N) is 3. The Morgan fingerprint density at radius 1 is 1.14 bits per heavy atom. The number of hydrogen-bond donors (Lipinski definition) is 1. The van der Waals surface area contributed by atoms with E-state index in [1.54, 1.807) is 6.33 Å². The molecule has 0 atom stereocenters. The second-order valence-electron chi connectivity index (χ2n) is 5.87. The predicted octanol–water partition coefficient (Wildman–Crippen LogP) is 3.96. The van der Waals surface area contributed by atoms with Crippen LogP contribution in [0, 0.1) is 5.92 Å². The molecule has 2 aromatic rings. The predicted molar refractivity (Wildman–Crippen MR) is 93.1 cm³/mol. The Morgan fingerprint density at radius 3 is 2.59 bits per heavy atom. The molecule has 1 heterocycles. The van der Waals surface area contributed by atoms with E-state index in [0.29, 0.717) is 5.92 Å². The van der Waals surface area contributed by atoms with Gasteiger partial charge in [-0.15, -0.1) is 0 Å². The third kappa shape index (κ3) is 5.02. The summed E-state index contributed by atoms with van der Waals surface area (Å²) in [6, 6.07) is 12.5. The molecule has 0 saturated carbocycles. The topological polar surface area (TPSA) is 41.0 Å². The van der Waals surface area contributed by atoms with Crippen molar-refractivity contribution in [3.05, 3.63) is 48.3 Å². The minimum atomic E-state index is 0.694. The van der Waals surface area contributed by atoms with E-state index in [4.69, 9.17) is 0 Å². The third-order valence-corrected chi connectivity index (χ3v) is 3.60. The van der Waals surface area contributed by atoms with Crippen molar-refractivity contribution in [2.75, 3.05) is 23.3 Å². The molecule has 4 nitrogen and oxygen atoms in total. The highest BCUT2D eigenvalue weighted by molar-refractivity contribution is 5.48. The number of hydrogen-bond acceptors (Lipinski definition) is 4. The summed E-state index contributed by atoms with van der Waals surface area (Å²) < 4.78 is 0. The van der Waals surface area contributed by atoms with Crippen molar-refractivity contribution < 1.29 is 0 Å². The van der Waals surface area contributed by atoms with E-state index in [1.165, 1.54) is 5.56 Å². The first-order valence-electron chi connectivity index (χ1n) is 8.03. The smallest absolute Gasteiger partial charge is 0.134 e. The summed E-state index contributed by atoms with van der Waals surface area (Å²) in [5, 5.41) is 3.38. The van der Waals surface area contributed by atoms with E-state index in [9.17, 15) is 0 Å². The van der Waals surface area contributed by atoms with Crippen LogP contribution in [0.4, 0.5) is 11.6 Å². The lowest BCUT2D eigenvalue weighted by Crippen LogP contribution is -2.23. The first-order valence-corrected chi connectivity index (χ1v) is 8.03. The molecular formula is C18H26N4. The Kier molecular flexibility index (Phi) is 6.19. The summed E-state index contributed by atoms with van der Waals surface area (Å²) in [5.41, 5.74) is 1.29. The first kappa shape index (κ1) is 16.3. The largest absolute Gasteiger partial charge is 0.370 e.